The van der Waals surface area contributed by atoms with Crippen LogP contribution in [0.5, 0.6) is 0 Å². The van der Waals surface area contributed by atoms with Crippen LogP contribution in [0.4, 0.5) is 0 Å². The van der Waals surface area contributed by atoms with E-state index < -0.39 is 6.10 Å². The maximum absolute atomic E-state index is 12.7. The molecule has 1 atom stereocenters. The first-order valence-corrected chi connectivity index (χ1v) is 26.2. The van der Waals surface area contributed by atoms with Crippen LogP contribution in [0, 0.1) is 11.8 Å². The van der Waals surface area contributed by atoms with E-state index in [0.717, 1.165) is 69.6 Å². The standard InChI is InChI=1S/C53H102O6/c1-6-7-8-9-10-11-12-13-14-15-16-17-18-19-20-24-27-33-38-43-51(54)57-46-50(59-53(56)45-40-35-30-29-32-37-42-49(4)5)47-58-52(55)44-39-34-28-25-22-21-23-26-31-36-41-48(2)3/h48-50H,6-47H2,1-5H3/t50-/m1/s1. The van der Waals surface area contributed by atoms with Crippen LogP contribution >= 0.6 is 0 Å². The topological polar surface area (TPSA) is 78.9 Å². The van der Waals surface area contributed by atoms with Crippen LogP contribution in [0.15, 0.2) is 0 Å². The summed E-state index contributed by atoms with van der Waals surface area (Å²) in [6.07, 6.45) is 46.8. The zero-order valence-electron chi connectivity index (χ0n) is 40.4. The summed E-state index contributed by atoms with van der Waals surface area (Å²) in [5.74, 6) is 0.723. The summed E-state index contributed by atoms with van der Waals surface area (Å²) in [4.78, 5) is 37.9. The molecule has 6 nitrogen and oxygen atoms in total. The minimum absolute atomic E-state index is 0.0649. The number of carbonyl (C=O) groups excluding carboxylic acids is 3. The first kappa shape index (κ1) is 57.4. The molecule has 0 radical (unpaired) electrons. The molecule has 0 saturated carbocycles. The predicted molar refractivity (Wildman–Crippen MR) is 252 cm³/mol. The molecule has 0 saturated heterocycles. The second kappa shape index (κ2) is 45.9. The van der Waals surface area contributed by atoms with Crippen LogP contribution in [0.3, 0.4) is 0 Å². The molecule has 0 aromatic heterocycles. The van der Waals surface area contributed by atoms with Crippen molar-refractivity contribution in [2.45, 2.75) is 298 Å². The third kappa shape index (κ3) is 47.3. The number of esters is 3. The highest BCUT2D eigenvalue weighted by Crippen LogP contribution is 2.17. The lowest BCUT2D eigenvalue weighted by Gasteiger charge is -2.18. The van der Waals surface area contributed by atoms with Gasteiger partial charge in [0.1, 0.15) is 13.2 Å². The summed E-state index contributed by atoms with van der Waals surface area (Å²) in [6, 6.07) is 0. The lowest BCUT2D eigenvalue weighted by atomic mass is 10.0. The molecule has 0 bridgehead atoms. The van der Waals surface area contributed by atoms with Crippen molar-refractivity contribution in [3.05, 3.63) is 0 Å². The Balaban J connectivity index is 4.20. The molecule has 0 aromatic carbocycles. The number of ether oxygens (including phenoxy) is 3. The third-order valence-corrected chi connectivity index (χ3v) is 12.0. The molecule has 0 aliphatic heterocycles. The highest BCUT2D eigenvalue weighted by Gasteiger charge is 2.19. The quantitative estimate of drug-likeness (QED) is 0.0345. The Bertz CT molecular complexity index is 900. The van der Waals surface area contributed by atoms with Crippen LogP contribution < -0.4 is 0 Å². The first-order chi connectivity index (χ1) is 28.7. The van der Waals surface area contributed by atoms with Crippen LogP contribution in [0.25, 0.3) is 0 Å². The third-order valence-electron chi connectivity index (χ3n) is 12.0. The second-order valence-corrected chi connectivity index (χ2v) is 19.1. The highest BCUT2D eigenvalue weighted by molar-refractivity contribution is 5.71. The maximum atomic E-state index is 12.7. The van der Waals surface area contributed by atoms with E-state index in [1.165, 1.54) is 180 Å². The largest absolute Gasteiger partial charge is 0.462 e. The molecule has 0 spiro atoms. The first-order valence-electron chi connectivity index (χ1n) is 26.2. The number of rotatable bonds is 47. The van der Waals surface area contributed by atoms with Crippen LogP contribution in [0.2, 0.25) is 0 Å². The van der Waals surface area contributed by atoms with Gasteiger partial charge < -0.3 is 14.2 Å². The number of unbranched alkanes of at least 4 members (excludes halogenated alkanes) is 32. The normalized spacial score (nSPS) is 12.1. The zero-order valence-corrected chi connectivity index (χ0v) is 40.4. The minimum Gasteiger partial charge on any atom is -0.462 e. The Morgan fingerprint density at radius 3 is 0.831 bits per heavy atom. The molecule has 0 unspecified atom stereocenters. The van der Waals surface area contributed by atoms with Crippen molar-refractivity contribution in [1.82, 2.24) is 0 Å². The molecular formula is C53H102O6. The average molecular weight is 835 g/mol. The fourth-order valence-electron chi connectivity index (χ4n) is 7.99. The van der Waals surface area contributed by atoms with Crippen LogP contribution in [0.1, 0.15) is 291 Å². The van der Waals surface area contributed by atoms with Crippen molar-refractivity contribution in [1.29, 1.82) is 0 Å². The molecule has 59 heavy (non-hydrogen) atoms. The van der Waals surface area contributed by atoms with Gasteiger partial charge in [-0.2, -0.15) is 0 Å². The SMILES string of the molecule is CCCCCCCCCCCCCCCCCCCCCC(=O)OC[C@H](COC(=O)CCCCCCCCCCCCC(C)C)OC(=O)CCCCCCCCC(C)C. The zero-order chi connectivity index (χ0) is 43.3. The van der Waals surface area contributed by atoms with Gasteiger partial charge >= 0.3 is 17.9 Å². The molecule has 0 heterocycles. The van der Waals surface area contributed by atoms with Gasteiger partial charge in [0.15, 0.2) is 6.10 Å². The van der Waals surface area contributed by atoms with Gasteiger partial charge in [-0.1, -0.05) is 253 Å². The lowest BCUT2D eigenvalue weighted by Crippen LogP contribution is -2.30. The number of carbonyl (C=O) groups is 3. The van der Waals surface area contributed by atoms with E-state index >= 15 is 0 Å². The fourth-order valence-corrected chi connectivity index (χ4v) is 7.99. The fraction of sp³-hybridized carbons (Fsp3) is 0.943. The van der Waals surface area contributed by atoms with E-state index in [2.05, 4.69) is 34.6 Å². The van der Waals surface area contributed by atoms with Crippen molar-refractivity contribution in [3.63, 3.8) is 0 Å². The number of hydrogen-bond acceptors (Lipinski definition) is 6. The average Bonchev–Trinajstić information content (AvgIpc) is 3.20. The molecular weight excluding hydrogens is 733 g/mol. The molecule has 6 heteroatoms. The van der Waals surface area contributed by atoms with Gasteiger partial charge in [0.2, 0.25) is 0 Å². The van der Waals surface area contributed by atoms with Gasteiger partial charge in [-0.15, -0.1) is 0 Å². The van der Waals surface area contributed by atoms with E-state index in [0.29, 0.717) is 19.3 Å². The summed E-state index contributed by atoms with van der Waals surface area (Å²) in [5.41, 5.74) is 0. The smallest absolute Gasteiger partial charge is 0.306 e. The van der Waals surface area contributed by atoms with Gasteiger partial charge in [0.05, 0.1) is 0 Å². The molecule has 0 aliphatic rings. The van der Waals surface area contributed by atoms with Gasteiger partial charge in [-0.3, -0.25) is 14.4 Å². The molecule has 0 amide bonds. The van der Waals surface area contributed by atoms with Crippen molar-refractivity contribution >= 4 is 17.9 Å². The second-order valence-electron chi connectivity index (χ2n) is 19.1. The van der Waals surface area contributed by atoms with Gasteiger partial charge in [0, 0.05) is 19.3 Å². The maximum Gasteiger partial charge on any atom is 0.306 e. The van der Waals surface area contributed by atoms with E-state index in [4.69, 9.17) is 14.2 Å². The molecule has 0 aromatic rings. The minimum atomic E-state index is -0.762. The summed E-state index contributed by atoms with van der Waals surface area (Å²) in [6.45, 7) is 11.3. The molecule has 0 aliphatic carbocycles. The summed E-state index contributed by atoms with van der Waals surface area (Å²) in [5, 5.41) is 0. The summed E-state index contributed by atoms with van der Waals surface area (Å²) in [7, 11) is 0. The Morgan fingerprint density at radius 2 is 0.559 bits per heavy atom. The van der Waals surface area contributed by atoms with Gasteiger partial charge in [0.25, 0.3) is 0 Å². The molecule has 350 valence electrons. The highest BCUT2D eigenvalue weighted by atomic mass is 16.6. The molecule has 0 fully saturated rings. The van der Waals surface area contributed by atoms with Crippen LogP contribution in [-0.4, -0.2) is 37.2 Å². The van der Waals surface area contributed by atoms with Crippen molar-refractivity contribution < 1.29 is 28.6 Å². The van der Waals surface area contributed by atoms with Crippen molar-refractivity contribution in [2.75, 3.05) is 13.2 Å². The van der Waals surface area contributed by atoms with E-state index in [9.17, 15) is 14.4 Å². The number of hydrogen-bond donors (Lipinski definition) is 0. The summed E-state index contributed by atoms with van der Waals surface area (Å²) < 4.78 is 16.8. The lowest BCUT2D eigenvalue weighted by molar-refractivity contribution is -0.167. The van der Waals surface area contributed by atoms with E-state index in [1.54, 1.807) is 0 Å². The van der Waals surface area contributed by atoms with Crippen molar-refractivity contribution in [2.24, 2.45) is 11.8 Å². The van der Waals surface area contributed by atoms with Gasteiger partial charge in [-0.25, -0.2) is 0 Å². The monoisotopic (exact) mass is 835 g/mol. The Morgan fingerprint density at radius 1 is 0.322 bits per heavy atom. The Kier molecular flexibility index (Phi) is 44.7. The summed E-state index contributed by atoms with van der Waals surface area (Å²) >= 11 is 0. The van der Waals surface area contributed by atoms with E-state index in [-0.39, 0.29) is 31.1 Å². The van der Waals surface area contributed by atoms with Crippen molar-refractivity contribution in [3.8, 4) is 0 Å². The molecule has 0 N–H and O–H groups in total. The Labute approximate surface area is 368 Å². The van der Waals surface area contributed by atoms with Gasteiger partial charge in [-0.05, 0) is 31.1 Å². The van der Waals surface area contributed by atoms with Crippen LogP contribution in [-0.2, 0) is 28.6 Å². The predicted octanol–water partition coefficient (Wildman–Crippen LogP) is 16.9. The molecule has 0 rings (SSSR count). The Hall–Kier alpha value is -1.59. The van der Waals surface area contributed by atoms with E-state index in [1.807, 2.05) is 0 Å².